The second-order valence-corrected chi connectivity index (χ2v) is 6.59. The van der Waals surface area contributed by atoms with Crippen molar-refractivity contribution in [1.29, 1.82) is 0 Å². The summed E-state index contributed by atoms with van der Waals surface area (Å²) in [7, 11) is 1.98. The summed E-state index contributed by atoms with van der Waals surface area (Å²) in [4.78, 5) is 0. The zero-order valence-electron chi connectivity index (χ0n) is 12.3. The summed E-state index contributed by atoms with van der Waals surface area (Å²) in [6.07, 6.45) is 9.38. The van der Waals surface area contributed by atoms with Crippen LogP contribution in [0.5, 0.6) is 0 Å². The Bertz CT molecular complexity index is 416. The number of rotatable bonds is 5. The molecular formula is C14H26N4S. The molecule has 0 amide bonds. The first kappa shape index (κ1) is 14.6. The van der Waals surface area contributed by atoms with Gasteiger partial charge in [-0.2, -0.15) is 16.9 Å². The van der Waals surface area contributed by atoms with Crippen molar-refractivity contribution < 1.29 is 0 Å². The number of nitrogens with zero attached hydrogens (tertiary/aromatic N) is 2. The van der Waals surface area contributed by atoms with Gasteiger partial charge in [0.1, 0.15) is 5.82 Å². The third kappa shape index (κ3) is 3.38. The molecule has 5 heteroatoms. The lowest BCUT2D eigenvalue weighted by atomic mass is 9.95. The molecule has 2 rings (SSSR count). The highest BCUT2D eigenvalue weighted by atomic mass is 32.2. The van der Waals surface area contributed by atoms with Crippen LogP contribution >= 0.6 is 11.8 Å². The Morgan fingerprint density at radius 3 is 2.95 bits per heavy atom. The van der Waals surface area contributed by atoms with Crippen LogP contribution in [0.2, 0.25) is 0 Å². The van der Waals surface area contributed by atoms with Crippen LogP contribution in [0.25, 0.3) is 0 Å². The molecule has 0 radical (unpaired) electrons. The Kier molecular flexibility index (Phi) is 5.02. The van der Waals surface area contributed by atoms with Gasteiger partial charge in [0.05, 0.1) is 11.4 Å². The fraction of sp³-hybridized carbons (Fsp3) is 0.786. The van der Waals surface area contributed by atoms with E-state index in [2.05, 4.69) is 23.6 Å². The van der Waals surface area contributed by atoms with Gasteiger partial charge in [-0.15, -0.1) is 0 Å². The average Bonchev–Trinajstić information content (AvgIpc) is 2.67. The van der Waals surface area contributed by atoms with E-state index in [0.29, 0.717) is 6.04 Å². The molecule has 1 fully saturated rings. The van der Waals surface area contributed by atoms with E-state index in [9.17, 15) is 0 Å². The molecule has 1 heterocycles. The number of hydrogen-bond donors (Lipinski definition) is 2. The molecule has 3 N–H and O–H groups in total. The summed E-state index contributed by atoms with van der Waals surface area (Å²) in [5.74, 6) is 1.01. The number of aromatic nitrogens is 2. The third-order valence-corrected chi connectivity index (χ3v) is 5.04. The van der Waals surface area contributed by atoms with Gasteiger partial charge in [0.15, 0.2) is 0 Å². The van der Waals surface area contributed by atoms with Crippen LogP contribution in [0.3, 0.4) is 0 Å². The van der Waals surface area contributed by atoms with Gasteiger partial charge >= 0.3 is 0 Å². The smallest absolute Gasteiger partial charge is 0.147 e. The van der Waals surface area contributed by atoms with E-state index in [1.54, 1.807) is 0 Å². The van der Waals surface area contributed by atoms with E-state index in [0.717, 1.165) is 35.3 Å². The Hall–Kier alpha value is -0.840. The van der Waals surface area contributed by atoms with Crippen molar-refractivity contribution in [3.8, 4) is 0 Å². The normalized spacial score (nSPS) is 23.5. The molecule has 4 nitrogen and oxygen atoms in total. The van der Waals surface area contributed by atoms with Gasteiger partial charge < -0.3 is 11.1 Å². The lowest BCUT2D eigenvalue weighted by Crippen LogP contribution is -2.29. The van der Waals surface area contributed by atoms with Gasteiger partial charge in [0, 0.05) is 18.3 Å². The monoisotopic (exact) mass is 282 g/mol. The first-order chi connectivity index (χ1) is 9.15. The van der Waals surface area contributed by atoms with Crippen molar-refractivity contribution in [1.82, 2.24) is 9.78 Å². The summed E-state index contributed by atoms with van der Waals surface area (Å²) in [5.41, 5.74) is 8.10. The van der Waals surface area contributed by atoms with Crippen LogP contribution in [-0.4, -0.2) is 27.3 Å². The predicted molar refractivity (Wildman–Crippen MR) is 84.8 cm³/mol. The van der Waals surface area contributed by atoms with Gasteiger partial charge in [-0.1, -0.05) is 19.8 Å². The number of thioether (sulfide) groups is 1. The fourth-order valence-electron chi connectivity index (χ4n) is 2.87. The summed E-state index contributed by atoms with van der Waals surface area (Å²) < 4.78 is 1.91. The van der Waals surface area contributed by atoms with Crippen LogP contribution in [0.4, 0.5) is 11.5 Å². The molecule has 2 atom stereocenters. The molecule has 1 aliphatic carbocycles. The number of nitrogens with two attached hydrogens (primary N) is 1. The minimum atomic E-state index is 0.540. The maximum Gasteiger partial charge on any atom is 0.147 e. The topological polar surface area (TPSA) is 55.9 Å². The standard InChI is InChI=1S/C14H26N4S/c1-4-6-12-13(15)14(18(2)17-12)16-10-7-5-8-11(9-10)19-3/h10-11,16H,4-9,15H2,1-3H3. The maximum atomic E-state index is 6.22. The highest BCUT2D eigenvalue weighted by Gasteiger charge is 2.23. The number of aryl methyl sites for hydroxylation is 2. The van der Waals surface area contributed by atoms with Crippen LogP contribution in [0.15, 0.2) is 0 Å². The Balaban J connectivity index is 2.06. The quantitative estimate of drug-likeness (QED) is 0.871. The van der Waals surface area contributed by atoms with Gasteiger partial charge in [0.25, 0.3) is 0 Å². The van der Waals surface area contributed by atoms with Crippen molar-refractivity contribution in [3.63, 3.8) is 0 Å². The van der Waals surface area contributed by atoms with E-state index in [4.69, 9.17) is 5.73 Å². The third-order valence-electron chi connectivity index (χ3n) is 3.95. The van der Waals surface area contributed by atoms with Crippen molar-refractivity contribution in [2.24, 2.45) is 7.05 Å². The largest absolute Gasteiger partial charge is 0.394 e. The first-order valence-corrected chi connectivity index (χ1v) is 8.55. The minimum absolute atomic E-state index is 0.540. The molecule has 1 aliphatic rings. The summed E-state index contributed by atoms with van der Waals surface area (Å²) >= 11 is 1.99. The molecule has 0 bridgehead atoms. The van der Waals surface area contributed by atoms with Gasteiger partial charge in [-0.25, -0.2) is 0 Å². The minimum Gasteiger partial charge on any atom is -0.394 e. The highest BCUT2D eigenvalue weighted by Crippen LogP contribution is 2.31. The van der Waals surface area contributed by atoms with Crippen LogP contribution in [-0.2, 0) is 13.5 Å². The molecule has 0 aliphatic heterocycles. The van der Waals surface area contributed by atoms with E-state index in [1.165, 1.54) is 25.7 Å². The second kappa shape index (κ2) is 6.55. The van der Waals surface area contributed by atoms with Crippen LogP contribution in [0.1, 0.15) is 44.7 Å². The second-order valence-electron chi connectivity index (χ2n) is 5.45. The first-order valence-electron chi connectivity index (χ1n) is 7.26. The molecule has 1 aromatic rings. The molecule has 0 spiro atoms. The lowest BCUT2D eigenvalue weighted by Gasteiger charge is -2.29. The number of hydrogen-bond acceptors (Lipinski definition) is 4. The van der Waals surface area contributed by atoms with E-state index in [1.807, 2.05) is 23.5 Å². The summed E-state index contributed by atoms with van der Waals surface area (Å²) in [6, 6.07) is 0.540. The Morgan fingerprint density at radius 1 is 1.47 bits per heavy atom. The Labute approximate surface area is 120 Å². The van der Waals surface area contributed by atoms with Crippen molar-refractivity contribution >= 4 is 23.3 Å². The average molecular weight is 282 g/mol. The molecular weight excluding hydrogens is 256 g/mol. The molecule has 0 aromatic carbocycles. The van der Waals surface area contributed by atoms with Crippen LogP contribution in [0, 0.1) is 0 Å². The number of nitrogens with one attached hydrogen (secondary N) is 1. The summed E-state index contributed by atoms with van der Waals surface area (Å²) in [5, 5.41) is 8.94. The van der Waals surface area contributed by atoms with Gasteiger partial charge in [-0.3, -0.25) is 4.68 Å². The predicted octanol–water partition coefficient (Wildman–Crippen LogP) is 3.04. The van der Waals surface area contributed by atoms with Crippen molar-refractivity contribution in [2.45, 2.75) is 56.7 Å². The zero-order chi connectivity index (χ0) is 13.8. The SMILES string of the molecule is CCCc1nn(C)c(NC2CCCC(SC)C2)c1N. The molecule has 2 unspecified atom stereocenters. The number of anilines is 2. The highest BCUT2D eigenvalue weighted by molar-refractivity contribution is 7.99. The number of nitrogen functional groups attached to an aromatic ring is 1. The van der Waals surface area contributed by atoms with E-state index in [-0.39, 0.29) is 0 Å². The van der Waals surface area contributed by atoms with Crippen molar-refractivity contribution in [3.05, 3.63) is 5.69 Å². The zero-order valence-corrected chi connectivity index (χ0v) is 13.1. The van der Waals surface area contributed by atoms with Crippen molar-refractivity contribution in [2.75, 3.05) is 17.3 Å². The molecule has 1 aromatic heterocycles. The van der Waals surface area contributed by atoms with Gasteiger partial charge in [-0.05, 0) is 31.9 Å². The van der Waals surface area contributed by atoms with E-state index >= 15 is 0 Å². The van der Waals surface area contributed by atoms with Crippen LogP contribution < -0.4 is 11.1 Å². The molecule has 19 heavy (non-hydrogen) atoms. The maximum absolute atomic E-state index is 6.22. The summed E-state index contributed by atoms with van der Waals surface area (Å²) in [6.45, 7) is 2.16. The van der Waals surface area contributed by atoms with Gasteiger partial charge in [0.2, 0.25) is 0 Å². The molecule has 108 valence electrons. The fourth-order valence-corrected chi connectivity index (χ4v) is 3.70. The molecule has 1 saturated carbocycles. The molecule has 0 saturated heterocycles. The Morgan fingerprint density at radius 2 is 2.26 bits per heavy atom. The lowest BCUT2D eigenvalue weighted by molar-refractivity contribution is 0.471. The van der Waals surface area contributed by atoms with E-state index < -0.39 is 0 Å².